The van der Waals surface area contributed by atoms with Crippen molar-refractivity contribution in [3.63, 3.8) is 0 Å². The van der Waals surface area contributed by atoms with E-state index >= 15 is 0 Å². The molecule has 1 aromatic heterocycles. The molecule has 0 unspecified atom stereocenters. The monoisotopic (exact) mass is 225 g/mol. The minimum Gasteiger partial charge on any atom is -0.262 e. The van der Waals surface area contributed by atoms with Crippen molar-refractivity contribution < 1.29 is 0 Å². The lowest BCUT2D eigenvalue weighted by atomic mass is 9.86. The maximum atomic E-state index is 4.22. The van der Waals surface area contributed by atoms with Crippen LogP contribution in [0.15, 0.2) is 42.6 Å². The highest BCUT2D eigenvalue weighted by atomic mass is 14.6. The van der Waals surface area contributed by atoms with Gasteiger partial charge in [0.05, 0.1) is 0 Å². The lowest BCUT2D eigenvalue weighted by molar-refractivity contribution is 0.590. The van der Waals surface area contributed by atoms with E-state index in [2.05, 4.69) is 62.2 Å². The van der Waals surface area contributed by atoms with Gasteiger partial charge in [-0.3, -0.25) is 4.98 Å². The van der Waals surface area contributed by atoms with E-state index in [0.29, 0.717) is 0 Å². The van der Waals surface area contributed by atoms with Crippen LogP contribution >= 0.6 is 0 Å². The Bertz CT molecular complexity index is 504. The molecule has 0 saturated carbocycles. The van der Waals surface area contributed by atoms with Gasteiger partial charge < -0.3 is 0 Å². The molecule has 0 N–H and O–H groups in total. The Kier molecular flexibility index (Phi) is 3.01. The average Bonchev–Trinajstić information content (AvgIpc) is 2.28. The van der Waals surface area contributed by atoms with Crippen molar-refractivity contribution in [2.24, 2.45) is 0 Å². The van der Waals surface area contributed by atoms with Gasteiger partial charge in [0, 0.05) is 11.9 Å². The van der Waals surface area contributed by atoms with Crippen LogP contribution in [0.4, 0.5) is 0 Å². The maximum Gasteiger partial charge on any atom is 0.0378 e. The third kappa shape index (κ3) is 2.73. The lowest BCUT2D eigenvalue weighted by Crippen LogP contribution is -2.10. The Morgan fingerprint density at radius 3 is 2.06 bits per heavy atom. The summed E-state index contributed by atoms with van der Waals surface area (Å²) in [6.45, 7) is 8.72. The fourth-order valence-corrected chi connectivity index (χ4v) is 1.89. The highest BCUT2D eigenvalue weighted by Gasteiger charge is 2.12. The van der Waals surface area contributed by atoms with Crippen molar-refractivity contribution in [3.05, 3.63) is 53.9 Å². The zero-order valence-electron chi connectivity index (χ0n) is 11.0. The Balaban J connectivity index is 2.36. The minimum atomic E-state index is 0.215. The molecule has 0 radical (unpaired) electrons. The van der Waals surface area contributed by atoms with Gasteiger partial charge in [0.25, 0.3) is 0 Å². The first-order chi connectivity index (χ1) is 7.97. The quantitative estimate of drug-likeness (QED) is 0.703. The molecular weight excluding hydrogens is 206 g/mol. The summed E-state index contributed by atoms with van der Waals surface area (Å²) in [5, 5.41) is 0. The Labute approximate surface area is 104 Å². The molecule has 1 heterocycles. The molecule has 1 nitrogen and oxygen atoms in total. The van der Waals surface area contributed by atoms with Gasteiger partial charge in [-0.05, 0) is 41.2 Å². The largest absolute Gasteiger partial charge is 0.262 e. The summed E-state index contributed by atoms with van der Waals surface area (Å²) in [6, 6.07) is 13.0. The molecule has 17 heavy (non-hydrogen) atoms. The SMILES string of the molecule is Cc1cc(-c2ccc(C(C)(C)C)cc2)ccn1. The molecule has 0 spiro atoms. The third-order valence-corrected chi connectivity index (χ3v) is 2.98. The van der Waals surface area contributed by atoms with Crippen LogP contribution in [0, 0.1) is 6.92 Å². The van der Waals surface area contributed by atoms with Gasteiger partial charge >= 0.3 is 0 Å². The van der Waals surface area contributed by atoms with Crippen molar-refractivity contribution in [1.82, 2.24) is 4.98 Å². The molecule has 1 aromatic carbocycles. The molecule has 88 valence electrons. The number of benzene rings is 1. The van der Waals surface area contributed by atoms with Crippen LogP contribution < -0.4 is 0 Å². The van der Waals surface area contributed by atoms with Crippen LogP contribution in [0.1, 0.15) is 32.0 Å². The van der Waals surface area contributed by atoms with Crippen molar-refractivity contribution in [2.45, 2.75) is 33.1 Å². The number of aromatic nitrogens is 1. The van der Waals surface area contributed by atoms with E-state index in [0.717, 1.165) is 5.69 Å². The molecule has 0 aliphatic rings. The van der Waals surface area contributed by atoms with Crippen molar-refractivity contribution >= 4 is 0 Å². The summed E-state index contributed by atoms with van der Waals surface area (Å²) in [5.41, 5.74) is 5.13. The predicted molar refractivity (Wildman–Crippen MR) is 73.1 cm³/mol. The first-order valence-electron chi connectivity index (χ1n) is 6.00. The second-order valence-electron chi connectivity index (χ2n) is 5.51. The zero-order valence-corrected chi connectivity index (χ0v) is 11.0. The second-order valence-corrected chi connectivity index (χ2v) is 5.51. The normalized spacial score (nSPS) is 11.5. The summed E-state index contributed by atoms with van der Waals surface area (Å²) in [7, 11) is 0. The molecule has 0 saturated heterocycles. The van der Waals surface area contributed by atoms with Crippen molar-refractivity contribution in [1.29, 1.82) is 0 Å². The number of hydrogen-bond donors (Lipinski definition) is 0. The lowest BCUT2D eigenvalue weighted by Gasteiger charge is -2.19. The van der Waals surface area contributed by atoms with Crippen LogP contribution in [0.2, 0.25) is 0 Å². The fraction of sp³-hybridized carbons (Fsp3) is 0.312. The van der Waals surface area contributed by atoms with Gasteiger partial charge in [-0.15, -0.1) is 0 Å². The molecule has 0 aliphatic heterocycles. The number of pyridine rings is 1. The number of hydrogen-bond acceptors (Lipinski definition) is 1. The standard InChI is InChI=1S/C16H19N/c1-12-11-14(9-10-17-12)13-5-7-15(8-6-13)16(2,3)4/h5-11H,1-4H3. The highest BCUT2D eigenvalue weighted by Crippen LogP contribution is 2.26. The number of aryl methyl sites for hydroxylation is 1. The topological polar surface area (TPSA) is 12.9 Å². The number of rotatable bonds is 1. The molecule has 0 amide bonds. The van der Waals surface area contributed by atoms with Gasteiger partial charge in [0.15, 0.2) is 0 Å². The highest BCUT2D eigenvalue weighted by molar-refractivity contribution is 5.63. The van der Waals surface area contributed by atoms with E-state index in [1.165, 1.54) is 16.7 Å². The van der Waals surface area contributed by atoms with Gasteiger partial charge in [0.2, 0.25) is 0 Å². The molecule has 0 aliphatic carbocycles. The third-order valence-electron chi connectivity index (χ3n) is 2.98. The summed E-state index contributed by atoms with van der Waals surface area (Å²) in [5.74, 6) is 0. The van der Waals surface area contributed by atoms with Crippen LogP contribution in [0.5, 0.6) is 0 Å². The van der Waals surface area contributed by atoms with Crippen LogP contribution in [0.3, 0.4) is 0 Å². The Morgan fingerprint density at radius 2 is 1.53 bits per heavy atom. The molecule has 0 atom stereocenters. The van der Waals surface area contributed by atoms with Crippen molar-refractivity contribution in [2.75, 3.05) is 0 Å². The summed E-state index contributed by atoms with van der Waals surface area (Å²) >= 11 is 0. The summed E-state index contributed by atoms with van der Waals surface area (Å²) in [6.07, 6.45) is 1.86. The molecule has 0 bridgehead atoms. The number of nitrogens with zero attached hydrogens (tertiary/aromatic N) is 1. The minimum absolute atomic E-state index is 0.215. The maximum absolute atomic E-state index is 4.22. The zero-order chi connectivity index (χ0) is 12.5. The molecule has 2 rings (SSSR count). The van der Waals surface area contributed by atoms with E-state index in [9.17, 15) is 0 Å². The van der Waals surface area contributed by atoms with E-state index < -0.39 is 0 Å². The van der Waals surface area contributed by atoms with E-state index in [1.807, 2.05) is 13.1 Å². The molecule has 0 fully saturated rings. The molecule has 2 aromatic rings. The first-order valence-corrected chi connectivity index (χ1v) is 6.00. The molecule has 1 heteroatoms. The predicted octanol–water partition coefficient (Wildman–Crippen LogP) is 4.35. The fourth-order valence-electron chi connectivity index (χ4n) is 1.89. The van der Waals surface area contributed by atoms with Gasteiger partial charge in [0.1, 0.15) is 0 Å². The van der Waals surface area contributed by atoms with Crippen LogP contribution in [0.25, 0.3) is 11.1 Å². The first kappa shape index (κ1) is 11.8. The average molecular weight is 225 g/mol. The van der Waals surface area contributed by atoms with Gasteiger partial charge in [-0.25, -0.2) is 0 Å². The van der Waals surface area contributed by atoms with E-state index in [-0.39, 0.29) is 5.41 Å². The second kappa shape index (κ2) is 4.33. The van der Waals surface area contributed by atoms with Crippen LogP contribution in [-0.4, -0.2) is 4.98 Å². The van der Waals surface area contributed by atoms with E-state index in [4.69, 9.17) is 0 Å². The smallest absolute Gasteiger partial charge is 0.0378 e. The van der Waals surface area contributed by atoms with Gasteiger partial charge in [-0.1, -0.05) is 45.0 Å². The Morgan fingerprint density at radius 1 is 0.882 bits per heavy atom. The van der Waals surface area contributed by atoms with Gasteiger partial charge in [-0.2, -0.15) is 0 Å². The van der Waals surface area contributed by atoms with Crippen molar-refractivity contribution in [3.8, 4) is 11.1 Å². The summed E-state index contributed by atoms with van der Waals surface area (Å²) < 4.78 is 0. The summed E-state index contributed by atoms with van der Waals surface area (Å²) in [4.78, 5) is 4.22. The van der Waals surface area contributed by atoms with E-state index in [1.54, 1.807) is 0 Å². The molecular formula is C16H19N. The van der Waals surface area contributed by atoms with Crippen LogP contribution in [-0.2, 0) is 5.41 Å². The Hall–Kier alpha value is -1.63.